The minimum atomic E-state index is -0.582. The number of urea groups is 1. The van der Waals surface area contributed by atoms with Gasteiger partial charge in [-0.05, 0) is 55.5 Å². The van der Waals surface area contributed by atoms with Gasteiger partial charge in [-0.3, -0.25) is 4.90 Å². The molecule has 7 heteroatoms. The Morgan fingerprint density at radius 2 is 1.48 bits per heavy atom. The highest BCUT2D eigenvalue weighted by Gasteiger charge is 2.17. The quantitative estimate of drug-likeness (QED) is 0.544. The number of anilines is 2. The monoisotopic (exact) mass is 419 g/mol. The van der Waals surface area contributed by atoms with Gasteiger partial charge in [0.2, 0.25) is 0 Å². The molecule has 3 aromatic rings. The van der Waals surface area contributed by atoms with E-state index in [1.165, 1.54) is 0 Å². The van der Waals surface area contributed by atoms with Crippen molar-refractivity contribution < 1.29 is 19.1 Å². The first-order valence-electron chi connectivity index (χ1n) is 10.0. The Labute approximate surface area is 181 Å². The average molecular weight is 419 g/mol. The summed E-state index contributed by atoms with van der Waals surface area (Å²) in [6, 6.07) is 24.9. The van der Waals surface area contributed by atoms with Crippen LogP contribution in [0, 0.1) is 0 Å². The number of amides is 3. The van der Waals surface area contributed by atoms with Crippen LogP contribution in [0.1, 0.15) is 6.92 Å². The van der Waals surface area contributed by atoms with Crippen molar-refractivity contribution in [3.05, 3.63) is 84.9 Å². The van der Waals surface area contributed by atoms with E-state index in [2.05, 4.69) is 10.6 Å². The maximum Gasteiger partial charge on any atom is 0.412 e. The second-order valence-electron chi connectivity index (χ2n) is 6.50. The van der Waals surface area contributed by atoms with Crippen molar-refractivity contribution in [3.8, 4) is 11.5 Å². The molecule has 0 aliphatic heterocycles. The number of hydrogen-bond donors (Lipinski definition) is 2. The maximum atomic E-state index is 12.9. The normalized spacial score (nSPS) is 10.1. The zero-order chi connectivity index (χ0) is 21.9. The molecule has 0 aliphatic carbocycles. The summed E-state index contributed by atoms with van der Waals surface area (Å²) in [5.41, 5.74) is 1.36. The van der Waals surface area contributed by atoms with Crippen molar-refractivity contribution in [2.75, 3.05) is 29.9 Å². The molecule has 0 aromatic heterocycles. The number of ether oxygens (including phenoxy) is 2. The summed E-state index contributed by atoms with van der Waals surface area (Å²) in [6.45, 7) is 2.93. The van der Waals surface area contributed by atoms with Crippen LogP contribution in [0.2, 0.25) is 0 Å². The Morgan fingerprint density at radius 1 is 0.839 bits per heavy atom. The molecule has 0 fully saturated rings. The number of rotatable bonds is 8. The lowest BCUT2D eigenvalue weighted by molar-refractivity contribution is 0.200. The lowest BCUT2D eigenvalue weighted by Gasteiger charge is -2.23. The molecule has 3 amide bonds. The van der Waals surface area contributed by atoms with Gasteiger partial charge in [0.05, 0.1) is 6.61 Å². The summed E-state index contributed by atoms with van der Waals surface area (Å²) < 4.78 is 10.7. The van der Waals surface area contributed by atoms with Gasteiger partial charge in [-0.15, -0.1) is 0 Å². The Bertz CT molecular complexity index is 963. The van der Waals surface area contributed by atoms with E-state index in [-0.39, 0.29) is 19.1 Å². The molecule has 0 saturated carbocycles. The number of nitrogens with zero attached hydrogens (tertiary/aromatic N) is 1. The third-order valence-electron chi connectivity index (χ3n) is 4.29. The van der Waals surface area contributed by atoms with Crippen molar-refractivity contribution in [1.29, 1.82) is 0 Å². The number of hydrogen-bond acceptors (Lipinski definition) is 4. The number of nitrogens with one attached hydrogen (secondary N) is 2. The topological polar surface area (TPSA) is 79.9 Å². The van der Waals surface area contributed by atoms with E-state index in [1.807, 2.05) is 43.3 Å². The van der Waals surface area contributed by atoms with Crippen molar-refractivity contribution in [1.82, 2.24) is 5.32 Å². The fourth-order valence-corrected chi connectivity index (χ4v) is 2.85. The Morgan fingerprint density at radius 3 is 2.13 bits per heavy atom. The van der Waals surface area contributed by atoms with E-state index in [0.29, 0.717) is 23.7 Å². The summed E-state index contributed by atoms with van der Waals surface area (Å²) in [7, 11) is 0. The van der Waals surface area contributed by atoms with E-state index < -0.39 is 6.09 Å². The van der Waals surface area contributed by atoms with Gasteiger partial charge >= 0.3 is 12.1 Å². The highest BCUT2D eigenvalue weighted by atomic mass is 16.6. The third-order valence-corrected chi connectivity index (χ3v) is 4.29. The molecule has 7 nitrogen and oxygen atoms in total. The molecule has 2 N–H and O–H groups in total. The second-order valence-corrected chi connectivity index (χ2v) is 6.50. The van der Waals surface area contributed by atoms with Crippen LogP contribution in [-0.2, 0) is 0 Å². The van der Waals surface area contributed by atoms with E-state index in [9.17, 15) is 9.59 Å². The fraction of sp³-hybridized carbons (Fsp3) is 0.167. The smallest absolute Gasteiger partial charge is 0.412 e. The predicted molar refractivity (Wildman–Crippen MR) is 121 cm³/mol. The standard InChI is InChI=1S/C24H25N3O4/c1-2-30-21-15-13-20(14-16-21)27(23(28)26-19-9-5-3-6-10-19)18-17-25-24(29)31-22-11-7-4-8-12-22/h3-16H,2,17-18H2,1H3,(H,25,29)(H,26,28). The second kappa shape index (κ2) is 11.3. The molecule has 0 bridgehead atoms. The predicted octanol–water partition coefficient (Wildman–Crippen LogP) is 4.91. The Hall–Kier alpha value is -4.00. The first-order chi connectivity index (χ1) is 15.2. The first-order valence-corrected chi connectivity index (χ1v) is 10.0. The first kappa shape index (κ1) is 21.7. The van der Waals surface area contributed by atoms with Crippen molar-refractivity contribution in [2.24, 2.45) is 0 Å². The van der Waals surface area contributed by atoms with Gasteiger partial charge in [0.25, 0.3) is 0 Å². The van der Waals surface area contributed by atoms with E-state index in [4.69, 9.17) is 9.47 Å². The van der Waals surface area contributed by atoms with Crippen LogP contribution < -0.4 is 25.0 Å². The lowest BCUT2D eigenvalue weighted by atomic mass is 10.2. The molecule has 0 spiro atoms. The zero-order valence-electron chi connectivity index (χ0n) is 17.3. The molecule has 3 aromatic carbocycles. The average Bonchev–Trinajstić information content (AvgIpc) is 2.79. The number of carbonyl (C=O) groups excluding carboxylic acids is 2. The van der Waals surface area contributed by atoms with Crippen LogP contribution in [0.5, 0.6) is 11.5 Å². The van der Waals surface area contributed by atoms with Crippen LogP contribution >= 0.6 is 0 Å². The minimum Gasteiger partial charge on any atom is -0.494 e. The fourth-order valence-electron chi connectivity index (χ4n) is 2.85. The van der Waals surface area contributed by atoms with Gasteiger partial charge in [-0.25, -0.2) is 9.59 Å². The molecule has 0 saturated heterocycles. The summed E-state index contributed by atoms with van der Waals surface area (Å²) in [5, 5.41) is 5.54. The molecule has 0 radical (unpaired) electrons. The molecule has 31 heavy (non-hydrogen) atoms. The number of para-hydroxylation sites is 2. The van der Waals surface area contributed by atoms with E-state index in [1.54, 1.807) is 53.4 Å². The number of benzene rings is 3. The lowest BCUT2D eigenvalue weighted by Crippen LogP contribution is -2.41. The van der Waals surface area contributed by atoms with E-state index >= 15 is 0 Å². The molecule has 160 valence electrons. The SMILES string of the molecule is CCOc1ccc(N(CCNC(=O)Oc2ccccc2)C(=O)Nc2ccccc2)cc1. The van der Waals surface area contributed by atoms with Crippen LogP contribution in [0.3, 0.4) is 0 Å². The Kier molecular flexibility index (Phi) is 7.88. The molecule has 0 aliphatic rings. The van der Waals surface area contributed by atoms with Crippen LogP contribution in [0.4, 0.5) is 21.0 Å². The molecule has 0 heterocycles. The highest BCUT2D eigenvalue weighted by Crippen LogP contribution is 2.20. The van der Waals surface area contributed by atoms with Crippen molar-refractivity contribution >= 4 is 23.5 Å². The summed E-state index contributed by atoms with van der Waals surface area (Å²) in [5.74, 6) is 1.17. The van der Waals surface area contributed by atoms with Crippen LogP contribution in [0.25, 0.3) is 0 Å². The minimum absolute atomic E-state index is 0.209. The van der Waals surface area contributed by atoms with Crippen LogP contribution in [0.15, 0.2) is 84.9 Å². The molecular formula is C24H25N3O4. The molecule has 3 rings (SSSR count). The molecule has 0 unspecified atom stereocenters. The van der Waals surface area contributed by atoms with Gasteiger partial charge in [0, 0.05) is 24.5 Å². The maximum absolute atomic E-state index is 12.9. The van der Waals surface area contributed by atoms with Crippen molar-refractivity contribution in [3.63, 3.8) is 0 Å². The molecular weight excluding hydrogens is 394 g/mol. The summed E-state index contributed by atoms with van der Waals surface area (Å²) >= 11 is 0. The van der Waals surface area contributed by atoms with Gasteiger partial charge in [-0.2, -0.15) is 0 Å². The molecule has 0 atom stereocenters. The largest absolute Gasteiger partial charge is 0.494 e. The van der Waals surface area contributed by atoms with Crippen LogP contribution in [-0.4, -0.2) is 31.8 Å². The van der Waals surface area contributed by atoms with Gasteiger partial charge in [0.15, 0.2) is 0 Å². The summed E-state index contributed by atoms with van der Waals surface area (Å²) in [4.78, 5) is 26.5. The van der Waals surface area contributed by atoms with E-state index in [0.717, 1.165) is 5.75 Å². The van der Waals surface area contributed by atoms with Gasteiger partial charge in [0.1, 0.15) is 11.5 Å². The third kappa shape index (κ3) is 6.78. The van der Waals surface area contributed by atoms with Gasteiger partial charge in [-0.1, -0.05) is 36.4 Å². The summed E-state index contributed by atoms with van der Waals surface area (Å²) in [6.07, 6.45) is -0.582. The highest BCUT2D eigenvalue weighted by molar-refractivity contribution is 6.01. The number of carbonyl (C=O) groups is 2. The van der Waals surface area contributed by atoms with Gasteiger partial charge < -0.3 is 20.1 Å². The zero-order valence-corrected chi connectivity index (χ0v) is 17.3. The Balaban J connectivity index is 1.64. The van der Waals surface area contributed by atoms with Crippen molar-refractivity contribution in [2.45, 2.75) is 6.92 Å².